The van der Waals surface area contributed by atoms with Crippen molar-refractivity contribution in [1.29, 1.82) is 0 Å². The number of fused-ring (bicyclic) bond motifs is 2. The van der Waals surface area contributed by atoms with Crippen molar-refractivity contribution >= 4 is 22.5 Å². The molecule has 1 amide bonds. The van der Waals surface area contributed by atoms with E-state index in [-0.39, 0.29) is 18.1 Å². The lowest BCUT2D eigenvalue weighted by molar-refractivity contribution is -0.123. The highest BCUT2D eigenvalue weighted by Gasteiger charge is 2.10. The quantitative estimate of drug-likeness (QED) is 0.505. The zero-order valence-corrected chi connectivity index (χ0v) is 16.1. The standard InChI is InChI=1S/C21H20N4O4/c1-13-14(2)21(27)29-17-11-15(6-7-16(13)17)28-12-20(26)22-9-8-19-24-23-18-5-3-4-10-25(18)19/h3-7,10-11H,8-9,12H2,1-2H3,(H,22,26). The van der Waals surface area contributed by atoms with E-state index in [1.165, 1.54) is 0 Å². The summed E-state index contributed by atoms with van der Waals surface area (Å²) in [7, 11) is 0. The Labute approximate surface area is 166 Å². The van der Waals surface area contributed by atoms with Gasteiger partial charge in [-0.05, 0) is 43.7 Å². The van der Waals surface area contributed by atoms with E-state index in [0.29, 0.717) is 29.9 Å². The number of hydrogen-bond acceptors (Lipinski definition) is 6. The van der Waals surface area contributed by atoms with Crippen LogP contribution in [0.25, 0.3) is 16.6 Å². The first-order chi connectivity index (χ1) is 14.0. The van der Waals surface area contributed by atoms with Crippen LogP contribution in [0.5, 0.6) is 5.75 Å². The van der Waals surface area contributed by atoms with E-state index in [0.717, 1.165) is 22.4 Å². The third-order valence-corrected chi connectivity index (χ3v) is 4.85. The summed E-state index contributed by atoms with van der Waals surface area (Å²) in [6.45, 7) is 3.89. The van der Waals surface area contributed by atoms with Crippen LogP contribution in [-0.4, -0.2) is 33.7 Å². The molecule has 8 nitrogen and oxygen atoms in total. The number of rotatable bonds is 6. The molecule has 4 rings (SSSR count). The summed E-state index contributed by atoms with van der Waals surface area (Å²) in [5.41, 5.74) is 2.30. The van der Waals surface area contributed by atoms with Crippen molar-refractivity contribution in [2.24, 2.45) is 0 Å². The highest BCUT2D eigenvalue weighted by Crippen LogP contribution is 2.23. The summed E-state index contributed by atoms with van der Waals surface area (Å²) in [5, 5.41) is 11.9. The van der Waals surface area contributed by atoms with Gasteiger partial charge < -0.3 is 14.5 Å². The van der Waals surface area contributed by atoms with E-state index in [1.54, 1.807) is 19.1 Å². The van der Waals surface area contributed by atoms with Gasteiger partial charge in [-0.25, -0.2) is 4.79 Å². The van der Waals surface area contributed by atoms with Crippen LogP contribution < -0.4 is 15.7 Å². The van der Waals surface area contributed by atoms with E-state index in [9.17, 15) is 9.59 Å². The summed E-state index contributed by atoms with van der Waals surface area (Å²) in [5.74, 6) is 0.986. The Morgan fingerprint density at radius 2 is 2.03 bits per heavy atom. The zero-order valence-electron chi connectivity index (χ0n) is 16.1. The minimum Gasteiger partial charge on any atom is -0.484 e. The van der Waals surface area contributed by atoms with Crippen LogP contribution in [0.15, 0.2) is 51.8 Å². The molecule has 8 heteroatoms. The predicted molar refractivity (Wildman–Crippen MR) is 107 cm³/mol. The fraction of sp³-hybridized carbons (Fsp3) is 0.238. The molecule has 1 N–H and O–H groups in total. The van der Waals surface area contributed by atoms with E-state index >= 15 is 0 Å². The van der Waals surface area contributed by atoms with Crippen LogP contribution in [0.1, 0.15) is 17.0 Å². The molecule has 0 saturated heterocycles. The third kappa shape index (κ3) is 3.82. The second kappa shape index (κ2) is 7.75. The molecule has 0 aliphatic rings. The Morgan fingerprint density at radius 3 is 2.90 bits per heavy atom. The van der Waals surface area contributed by atoms with Crippen molar-refractivity contribution in [2.75, 3.05) is 13.2 Å². The number of hydrogen-bond donors (Lipinski definition) is 1. The number of carbonyl (C=O) groups is 1. The number of aromatic nitrogens is 3. The topological polar surface area (TPSA) is 98.7 Å². The number of pyridine rings is 1. The normalized spacial score (nSPS) is 11.1. The maximum absolute atomic E-state index is 12.1. The number of nitrogens with zero attached hydrogens (tertiary/aromatic N) is 3. The number of aryl methyl sites for hydroxylation is 1. The zero-order chi connectivity index (χ0) is 20.4. The second-order valence-electron chi connectivity index (χ2n) is 6.73. The summed E-state index contributed by atoms with van der Waals surface area (Å²) < 4.78 is 12.7. The maximum Gasteiger partial charge on any atom is 0.339 e. The van der Waals surface area contributed by atoms with Crippen molar-refractivity contribution in [3.63, 3.8) is 0 Å². The molecule has 29 heavy (non-hydrogen) atoms. The number of nitrogens with one attached hydrogen (secondary N) is 1. The summed E-state index contributed by atoms with van der Waals surface area (Å²) in [6, 6.07) is 10.9. The van der Waals surface area contributed by atoms with E-state index < -0.39 is 0 Å². The SMILES string of the molecule is Cc1c(C)c2ccc(OCC(=O)NCCc3nnc4ccccn34)cc2oc1=O. The molecule has 0 unspecified atom stereocenters. The predicted octanol–water partition coefficient (Wildman–Crippen LogP) is 2.19. The molecule has 0 spiro atoms. The molecule has 1 aromatic carbocycles. The Bertz CT molecular complexity index is 1260. The van der Waals surface area contributed by atoms with Crippen molar-refractivity contribution in [1.82, 2.24) is 19.9 Å². The maximum atomic E-state index is 12.1. The molecule has 0 saturated carbocycles. The minimum absolute atomic E-state index is 0.138. The third-order valence-electron chi connectivity index (χ3n) is 4.85. The smallest absolute Gasteiger partial charge is 0.339 e. The number of benzene rings is 1. The largest absolute Gasteiger partial charge is 0.484 e. The van der Waals surface area contributed by atoms with Crippen LogP contribution in [0.2, 0.25) is 0 Å². The molecule has 3 heterocycles. The van der Waals surface area contributed by atoms with Crippen LogP contribution in [-0.2, 0) is 11.2 Å². The van der Waals surface area contributed by atoms with Gasteiger partial charge in [-0.3, -0.25) is 9.20 Å². The summed E-state index contributed by atoms with van der Waals surface area (Å²) >= 11 is 0. The number of amides is 1. The van der Waals surface area contributed by atoms with E-state index in [4.69, 9.17) is 9.15 Å². The van der Waals surface area contributed by atoms with Crippen LogP contribution in [0.4, 0.5) is 0 Å². The van der Waals surface area contributed by atoms with Gasteiger partial charge in [0.15, 0.2) is 12.3 Å². The Balaban J connectivity index is 1.33. The molecule has 0 bridgehead atoms. The van der Waals surface area contributed by atoms with Gasteiger partial charge in [0, 0.05) is 36.2 Å². The molecular formula is C21H20N4O4. The number of carbonyl (C=O) groups excluding carboxylic acids is 1. The molecule has 3 aromatic heterocycles. The molecule has 0 radical (unpaired) electrons. The Hall–Kier alpha value is -3.68. The first kappa shape index (κ1) is 18.7. The minimum atomic E-state index is -0.370. The van der Waals surface area contributed by atoms with E-state index in [2.05, 4.69) is 15.5 Å². The molecule has 0 fully saturated rings. The first-order valence-electron chi connectivity index (χ1n) is 9.25. The molecule has 0 aliphatic heterocycles. The lowest BCUT2D eigenvalue weighted by atomic mass is 10.1. The van der Waals surface area contributed by atoms with Gasteiger partial charge >= 0.3 is 5.63 Å². The van der Waals surface area contributed by atoms with Crippen LogP contribution >= 0.6 is 0 Å². The van der Waals surface area contributed by atoms with Gasteiger partial charge in [-0.15, -0.1) is 10.2 Å². The lowest BCUT2D eigenvalue weighted by Crippen LogP contribution is -2.30. The summed E-state index contributed by atoms with van der Waals surface area (Å²) in [4.78, 5) is 23.9. The average molecular weight is 392 g/mol. The highest BCUT2D eigenvalue weighted by molar-refractivity contribution is 5.82. The number of ether oxygens (including phenoxy) is 1. The first-order valence-corrected chi connectivity index (χ1v) is 9.25. The van der Waals surface area contributed by atoms with Gasteiger partial charge in [0.1, 0.15) is 17.2 Å². The highest BCUT2D eigenvalue weighted by atomic mass is 16.5. The molecule has 4 aromatic rings. The molecule has 0 atom stereocenters. The monoisotopic (exact) mass is 392 g/mol. The Morgan fingerprint density at radius 1 is 1.17 bits per heavy atom. The van der Waals surface area contributed by atoms with Crippen molar-refractivity contribution in [3.05, 3.63) is 70.0 Å². The van der Waals surface area contributed by atoms with Crippen LogP contribution in [0.3, 0.4) is 0 Å². The van der Waals surface area contributed by atoms with Crippen LogP contribution in [0, 0.1) is 13.8 Å². The Kier molecular flexibility index (Phi) is 4.99. The van der Waals surface area contributed by atoms with Gasteiger partial charge in [-0.1, -0.05) is 6.07 Å². The van der Waals surface area contributed by atoms with Gasteiger partial charge in [0.05, 0.1) is 0 Å². The molecule has 148 valence electrons. The van der Waals surface area contributed by atoms with Crippen molar-refractivity contribution in [2.45, 2.75) is 20.3 Å². The lowest BCUT2D eigenvalue weighted by Gasteiger charge is -2.09. The second-order valence-corrected chi connectivity index (χ2v) is 6.73. The van der Waals surface area contributed by atoms with E-state index in [1.807, 2.05) is 41.8 Å². The average Bonchev–Trinajstić information content (AvgIpc) is 3.14. The fourth-order valence-corrected chi connectivity index (χ4v) is 3.09. The van der Waals surface area contributed by atoms with Crippen molar-refractivity contribution in [3.8, 4) is 5.75 Å². The van der Waals surface area contributed by atoms with Gasteiger partial charge in [0.25, 0.3) is 5.91 Å². The van der Waals surface area contributed by atoms with Crippen molar-refractivity contribution < 1.29 is 13.9 Å². The summed E-state index contributed by atoms with van der Waals surface area (Å²) in [6.07, 6.45) is 2.44. The molecular weight excluding hydrogens is 372 g/mol. The van der Waals surface area contributed by atoms with Gasteiger partial charge in [0.2, 0.25) is 0 Å². The molecule has 0 aliphatic carbocycles. The fourth-order valence-electron chi connectivity index (χ4n) is 3.09. The van der Waals surface area contributed by atoms with Gasteiger partial charge in [-0.2, -0.15) is 0 Å².